The van der Waals surface area contributed by atoms with Crippen LogP contribution in [-0.4, -0.2) is 20.9 Å². The largest absolute Gasteiger partial charge is 0.300 e. The van der Waals surface area contributed by atoms with Crippen LogP contribution in [0.1, 0.15) is 22.4 Å². The van der Waals surface area contributed by atoms with Gasteiger partial charge in [0.25, 0.3) is 5.91 Å². The summed E-state index contributed by atoms with van der Waals surface area (Å²) in [5, 5.41) is 8.08. The van der Waals surface area contributed by atoms with E-state index >= 15 is 0 Å². The van der Waals surface area contributed by atoms with Gasteiger partial charge in [-0.25, -0.2) is 14.1 Å². The van der Waals surface area contributed by atoms with Gasteiger partial charge in [0.05, 0.1) is 22.0 Å². The molecule has 4 rings (SSSR count). The number of rotatable bonds is 3. The molecule has 0 bridgehead atoms. The van der Waals surface area contributed by atoms with Crippen LogP contribution in [0.25, 0.3) is 11.8 Å². The van der Waals surface area contributed by atoms with Gasteiger partial charge in [-0.1, -0.05) is 29.3 Å². The summed E-state index contributed by atoms with van der Waals surface area (Å²) < 4.78 is 14.7. The maximum atomic E-state index is 13.2. The first kappa shape index (κ1) is 20.4. The van der Waals surface area contributed by atoms with Gasteiger partial charge in [-0.05, 0) is 74.5 Å². The van der Waals surface area contributed by atoms with Gasteiger partial charge in [0.2, 0.25) is 0 Å². The van der Waals surface area contributed by atoms with Crippen molar-refractivity contribution in [3.8, 4) is 5.69 Å². The molecule has 0 spiro atoms. The van der Waals surface area contributed by atoms with Crippen molar-refractivity contribution < 1.29 is 9.18 Å². The van der Waals surface area contributed by atoms with Crippen molar-refractivity contribution in [3.05, 3.63) is 80.7 Å². The van der Waals surface area contributed by atoms with E-state index in [1.54, 1.807) is 25.1 Å². The molecule has 0 atom stereocenters. The van der Waals surface area contributed by atoms with E-state index in [1.807, 2.05) is 32.0 Å². The lowest BCUT2D eigenvalue weighted by atomic mass is 10.1. The first-order chi connectivity index (χ1) is 14.3. The second-order valence-corrected chi connectivity index (χ2v) is 8.34. The Bertz CT molecular complexity index is 1210. The Kier molecular flexibility index (Phi) is 5.49. The van der Waals surface area contributed by atoms with E-state index in [9.17, 15) is 9.18 Å². The number of nitrogens with zero attached hydrogens (tertiary/aromatic N) is 3. The Morgan fingerprint density at radius 2 is 1.90 bits per heavy atom. The summed E-state index contributed by atoms with van der Waals surface area (Å²) in [6, 6.07) is 11.8. The number of benzene rings is 2. The molecule has 3 aromatic rings. The van der Waals surface area contributed by atoms with Crippen molar-refractivity contribution in [3.63, 3.8) is 0 Å². The van der Waals surface area contributed by atoms with E-state index in [0.717, 1.165) is 16.8 Å². The van der Waals surface area contributed by atoms with Crippen molar-refractivity contribution in [2.45, 2.75) is 20.8 Å². The zero-order chi connectivity index (χ0) is 21.4. The van der Waals surface area contributed by atoms with Crippen LogP contribution in [0.2, 0.25) is 5.15 Å². The molecule has 8 heteroatoms. The highest BCUT2D eigenvalue weighted by Gasteiger charge is 2.25. The van der Waals surface area contributed by atoms with E-state index in [0.29, 0.717) is 32.2 Å². The molecule has 152 valence electrons. The van der Waals surface area contributed by atoms with Crippen LogP contribution in [0.4, 0.5) is 10.1 Å². The number of hydrogen-bond acceptors (Lipinski definition) is 4. The van der Waals surface area contributed by atoms with E-state index in [4.69, 9.17) is 11.6 Å². The van der Waals surface area contributed by atoms with Crippen molar-refractivity contribution in [1.29, 1.82) is 0 Å². The molecule has 1 aliphatic rings. The Hall–Kier alpha value is -2.90. The maximum Gasteiger partial charge on any atom is 0.264 e. The summed E-state index contributed by atoms with van der Waals surface area (Å²) in [5.41, 5.74) is 4.92. The van der Waals surface area contributed by atoms with E-state index in [1.165, 1.54) is 28.6 Å². The molecule has 1 aromatic heterocycles. The highest BCUT2D eigenvalue weighted by Crippen LogP contribution is 2.32. The predicted molar refractivity (Wildman–Crippen MR) is 120 cm³/mol. The van der Waals surface area contributed by atoms with Crippen LogP contribution < -0.4 is 5.32 Å². The van der Waals surface area contributed by atoms with Crippen LogP contribution in [-0.2, 0) is 4.79 Å². The molecule has 1 amide bonds. The number of amides is 1. The highest BCUT2D eigenvalue weighted by molar-refractivity contribution is 8.18. The van der Waals surface area contributed by atoms with Gasteiger partial charge in [0.15, 0.2) is 5.17 Å². The second-order valence-electron chi connectivity index (χ2n) is 6.95. The number of thioether (sulfide) groups is 1. The summed E-state index contributed by atoms with van der Waals surface area (Å²) in [4.78, 5) is 17.5. The highest BCUT2D eigenvalue weighted by atomic mass is 35.5. The van der Waals surface area contributed by atoms with Gasteiger partial charge in [-0.2, -0.15) is 5.10 Å². The molecule has 1 fully saturated rings. The molecule has 5 nitrogen and oxygen atoms in total. The number of amidine groups is 1. The first-order valence-corrected chi connectivity index (χ1v) is 10.4. The van der Waals surface area contributed by atoms with Crippen LogP contribution in [0.3, 0.4) is 0 Å². The number of aliphatic imine (C=N–C) groups is 1. The SMILES string of the molecule is Cc1ccc(N=C2NC(=O)C(=Cc3c(C)nn(-c4ccc(F)cc4)c3Cl)S2)c(C)c1. The molecule has 0 radical (unpaired) electrons. The van der Waals surface area contributed by atoms with Crippen LogP contribution in [0.15, 0.2) is 52.4 Å². The fourth-order valence-corrected chi connectivity index (χ4v) is 4.22. The zero-order valence-corrected chi connectivity index (χ0v) is 18.1. The number of halogens is 2. The predicted octanol–water partition coefficient (Wildman–Crippen LogP) is 5.48. The quantitative estimate of drug-likeness (QED) is 0.548. The lowest BCUT2D eigenvalue weighted by Gasteiger charge is -2.02. The number of carbonyl (C=O) groups is 1. The third-order valence-electron chi connectivity index (χ3n) is 4.62. The molecular formula is C22H18ClFN4OS. The van der Waals surface area contributed by atoms with Gasteiger partial charge in [0.1, 0.15) is 11.0 Å². The minimum absolute atomic E-state index is 0.242. The molecule has 30 heavy (non-hydrogen) atoms. The summed E-state index contributed by atoms with van der Waals surface area (Å²) >= 11 is 7.77. The van der Waals surface area contributed by atoms with Crippen molar-refractivity contribution in [2.24, 2.45) is 4.99 Å². The molecule has 0 unspecified atom stereocenters. The van der Waals surface area contributed by atoms with Gasteiger partial charge >= 0.3 is 0 Å². The molecule has 1 aliphatic heterocycles. The molecule has 1 saturated heterocycles. The number of aromatic nitrogens is 2. The van der Waals surface area contributed by atoms with E-state index < -0.39 is 0 Å². The Morgan fingerprint density at radius 3 is 2.60 bits per heavy atom. The van der Waals surface area contributed by atoms with Crippen LogP contribution in [0.5, 0.6) is 0 Å². The molecular weight excluding hydrogens is 423 g/mol. The fraction of sp³-hybridized carbons (Fsp3) is 0.136. The van der Waals surface area contributed by atoms with Crippen molar-refractivity contribution in [1.82, 2.24) is 15.1 Å². The average Bonchev–Trinajstić information content (AvgIpc) is 3.18. The molecule has 0 saturated carbocycles. The van der Waals surface area contributed by atoms with Gasteiger partial charge < -0.3 is 5.32 Å². The van der Waals surface area contributed by atoms with E-state index in [2.05, 4.69) is 15.4 Å². The summed E-state index contributed by atoms with van der Waals surface area (Å²) in [6.45, 7) is 5.81. The Morgan fingerprint density at radius 1 is 1.17 bits per heavy atom. The number of hydrogen-bond donors (Lipinski definition) is 1. The van der Waals surface area contributed by atoms with Gasteiger partial charge in [-0.15, -0.1) is 0 Å². The standard InChI is InChI=1S/C22H18ClFN4OS/c1-12-4-9-18(13(2)10-12)25-22-26-21(29)19(30-22)11-17-14(3)27-28(20(17)23)16-7-5-15(24)6-8-16/h4-11H,1-3H3,(H,25,26,29). The summed E-state index contributed by atoms with van der Waals surface area (Å²) in [6.07, 6.45) is 1.70. The maximum absolute atomic E-state index is 13.2. The monoisotopic (exact) mass is 440 g/mol. The first-order valence-electron chi connectivity index (χ1n) is 9.20. The normalized spacial score (nSPS) is 16.5. The molecule has 2 heterocycles. The third-order valence-corrected chi connectivity index (χ3v) is 5.89. The van der Waals surface area contributed by atoms with Gasteiger partial charge in [-0.3, -0.25) is 4.79 Å². The second kappa shape index (κ2) is 8.08. The lowest BCUT2D eigenvalue weighted by Crippen LogP contribution is -2.19. The minimum Gasteiger partial charge on any atom is -0.300 e. The third kappa shape index (κ3) is 4.04. The van der Waals surface area contributed by atoms with Gasteiger partial charge in [0, 0.05) is 5.56 Å². The van der Waals surface area contributed by atoms with E-state index in [-0.39, 0.29) is 11.7 Å². The number of nitrogens with one attached hydrogen (secondary N) is 1. The minimum atomic E-state index is -0.337. The average molecular weight is 441 g/mol. The molecule has 0 aliphatic carbocycles. The van der Waals surface area contributed by atoms with Crippen molar-refractivity contribution >= 4 is 46.2 Å². The Balaban J connectivity index is 1.65. The fourth-order valence-electron chi connectivity index (χ4n) is 3.08. The van der Waals surface area contributed by atoms with Crippen LogP contribution in [0, 0.1) is 26.6 Å². The molecule has 1 N–H and O–H groups in total. The summed E-state index contributed by atoms with van der Waals surface area (Å²) in [7, 11) is 0. The van der Waals surface area contributed by atoms with Crippen LogP contribution >= 0.6 is 23.4 Å². The van der Waals surface area contributed by atoms with Crippen molar-refractivity contribution in [2.75, 3.05) is 0 Å². The zero-order valence-electron chi connectivity index (χ0n) is 16.5. The smallest absolute Gasteiger partial charge is 0.264 e. The lowest BCUT2D eigenvalue weighted by molar-refractivity contribution is -0.115. The number of aryl methyl sites for hydroxylation is 3. The Labute approximate surface area is 182 Å². The number of carbonyl (C=O) groups excluding carboxylic acids is 1. The molecule has 2 aromatic carbocycles. The summed E-state index contributed by atoms with van der Waals surface area (Å²) in [5.74, 6) is -0.579. The topological polar surface area (TPSA) is 59.3 Å².